The van der Waals surface area contributed by atoms with Gasteiger partial charge in [-0.2, -0.15) is 5.10 Å². The molecular formula is C16H20N4. The van der Waals surface area contributed by atoms with Gasteiger partial charge in [0.05, 0.1) is 6.20 Å². The molecule has 4 nitrogen and oxygen atoms in total. The molecule has 3 rings (SSSR count). The minimum Gasteiger partial charge on any atom is -0.361 e. The summed E-state index contributed by atoms with van der Waals surface area (Å²) < 4.78 is 1.92. The molecule has 2 heterocycles. The molecule has 2 aromatic heterocycles. The molecule has 0 aliphatic rings. The Bertz CT molecular complexity index is 723. The third-order valence-corrected chi connectivity index (χ3v) is 3.97. The van der Waals surface area contributed by atoms with Crippen LogP contribution in [0.15, 0.2) is 36.7 Å². The van der Waals surface area contributed by atoms with E-state index >= 15 is 0 Å². The predicted octanol–water partition coefficient (Wildman–Crippen LogP) is 3.06. The lowest BCUT2D eigenvalue weighted by Gasteiger charge is -2.13. The van der Waals surface area contributed by atoms with Gasteiger partial charge in [0.15, 0.2) is 0 Å². The summed E-state index contributed by atoms with van der Waals surface area (Å²) in [6, 6.07) is 8.91. The summed E-state index contributed by atoms with van der Waals surface area (Å²) in [6.45, 7) is 5.13. The predicted molar refractivity (Wildman–Crippen MR) is 81.5 cm³/mol. The van der Waals surface area contributed by atoms with Crippen LogP contribution in [-0.4, -0.2) is 14.8 Å². The first-order valence-electron chi connectivity index (χ1n) is 6.93. The van der Waals surface area contributed by atoms with E-state index in [0.29, 0.717) is 6.04 Å². The largest absolute Gasteiger partial charge is 0.361 e. The molecule has 0 saturated carbocycles. The van der Waals surface area contributed by atoms with Gasteiger partial charge in [0.1, 0.15) is 0 Å². The number of aryl methyl sites for hydroxylation is 1. The molecule has 0 aliphatic carbocycles. The number of nitrogens with one attached hydrogen (secondary N) is 2. The Balaban J connectivity index is 1.70. The van der Waals surface area contributed by atoms with Gasteiger partial charge >= 0.3 is 0 Å². The summed E-state index contributed by atoms with van der Waals surface area (Å²) >= 11 is 0. The first-order valence-corrected chi connectivity index (χ1v) is 6.93. The minimum atomic E-state index is 0.294. The summed E-state index contributed by atoms with van der Waals surface area (Å²) in [5.41, 5.74) is 4.95. The van der Waals surface area contributed by atoms with E-state index in [1.165, 1.54) is 27.7 Å². The number of aromatic amines is 1. The van der Waals surface area contributed by atoms with Crippen LogP contribution in [0.5, 0.6) is 0 Å². The molecule has 0 radical (unpaired) electrons. The van der Waals surface area contributed by atoms with Crippen LogP contribution >= 0.6 is 0 Å². The molecule has 2 N–H and O–H groups in total. The number of nitrogens with zero attached hydrogens (tertiary/aromatic N) is 2. The van der Waals surface area contributed by atoms with Gasteiger partial charge in [-0.3, -0.25) is 4.68 Å². The first-order chi connectivity index (χ1) is 9.65. The highest BCUT2D eigenvalue weighted by molar-refractivity contribution is 5.79. The summed E-state index contributed by atoms with van der Waals surface area (Å²) in [5.74, 6) is 0. The first kappa shape index (κ1) is 12.9. The minimum absolute atomic E-state index is 0.294. The number of benzene rings is 1. The third-order valence-electron chi connectivity index (χ3n) is 3.97. The summed E-state index contributed by atoms with van der Waals surface area (Å²) in [7, 11) is 1.98. The topological polar surface area (TPSA) is 45.6 Å². The van der Waals surface area contributed by atoms with Crippen molar-refractivity contribution in [3.05, 3.63) is 53.5 Å². The lowest BCUT2D eigenvalue weighted by molar-refractivity contribution is 0.571. The van der Waals surface area contributed by atoms with Crippen LogP contribution in [0.1, 0.15) is 29.8 Å². The van der Waals surface area contributed by atoms with Crippen LogP contribution in [0, 0.1) is 6.92 Å². The fourth-order valence-corrected chi connectivity index (χ4v) is 2.53. The Kier molecular flexibility index (Phi) is 3.32. The van der Waals surface area contributed by atoms with E-state index in [1.807, 2.05) is 24.1 Å². The molecule has 0 saturated heterocycles. The van der Waals surface area contributed by atoms with Crippen LogP contribution in [0.4, 0.5) is 0 Å². The Morgan fingerprint density at radius 1 is 1.35 bits per heavy atom. The highest BCUT2D eigenvalue weighted by Gasteiger charge is 2.11. The maximum atomic E-state index is 4.30. The van der Waals surface area contributed by atoms with Crippen LogP contribution < -0.4 is 5.32 Å². The van der Waals surface area contributed by atoms with Crippen molar-refractivity contribution < 1.29 is 0 Å². The quantitative estimate of drug-likeness (QED) is 0.764. The second-order valence-corrected chi connectivity index (χ2v) is 5.31. The van der Waals surface area contributed by atoms with Crippen LogP contribution in [0.2, 0.25) is 0 Å². The van der Waals surface area contributed by atoms with Crippen LogP contribution in [0.25, 0.3) is 10.9 Å². The molecule has 4 heteroatoms. The Labute approximate surface area is 118 Å². The molecule has 104 valence electrons. The van der Waals surface area contributed by atoms with Crippen molar-refractivity contribution in [3.8, 4) is 0 Å². The molecule has 3 aromatic rings. The van der Waals surface area contributed by atoms with E-state index < -0.39 is 0 Å². The number of hydrogen-bond donors (Lipinski definition) is 2. The fourth-order valence-electron chi connectivity index (χ4n) is 2.53. The van der Waals surface area contributed by atoms with Crippen molar-refractivity contribution in [2.24, 2.45) is 7.05 Å². The Morgan fingerprint density at radius 3 is 2.95 bits per heavy atom. The SMILES string of the molecule is Cc1c(C(C)NCc2ccc3cc[nH]c3c2)cnn1C. The number of hydrogen-bond acceptors (Lipinski definition) is 2. The smallest absolute Gasteiger partial charge is 0.0540 e. The van der Waals surface area contributed by atoms with E-state index in [4.69, 9.17) is 0 Å². The molecule has 0 fully saturated rings. The molecule has 0 bridgehead atoms. The Hall–Kier alpha value is -2.07. The molecule has 1 atom stereocenters. The summed E-state index contributed by atoms with van der Waals surface area (Å²) in [6.07, 6.45) is 3.92. The average molecular weight is 268 g/mol. The van der Waals surface area contributed by atoms with Gasteiger partial charge in [0.2, 0.25) is 0 Å². The highest BCUT2D eigenvalue weighted by atomic mass is 15.3. The van der Waals surface area contributed by atoms with Crippen molar-refractivity contribution in [3.63, 3.8) is 0 Å². The maximum absolute atomic E-state index is 4.30. The standard InChI is InChI=1S/C16H20N4/c1-11(15-10-19-20(3)12(15)2)18-9-13-4-5-14-6-7-17-16(14)8-13/h4-8,10-11,17-18H,9H2,1-3H3. The number of rotatable bonds is 4. The zero-order chi connectivity index (χ0) is 14.1. The van der Waals surface area contributed by atoms with Crippen LogP contribution in [-0.2, 0) is 13.6 Å². The molecular weight excluding hydrogens is 248 g/mol. The van der Waals surface area contributed by atoms with E-state index in [9.17, 15) is 0 Å². The summed E-state index contributed by atoms with van der Waals surface area (Å²) in [4.78, 5) is 3.25. The Morgan fingerprint density at radius 2 is 2.20 bits per heavy atom. The number of fused-ring (bicyclic) bond motifs is 1. The zero-order valence-corrected chi connectivity index (χ0v) is 12.1. The van der Waals surface area contributed by atoms with Crippen molar-refractivity contribution in [2.75, 3.05) is 0 Å². The lowest BCUT2D eigenvalue weighted by atomic mass is 10.1. The van der Waals surface area contributed by atoms with E-state index in [0.717, 1.165) is 6.54 Å². The summed E-state index contributed by atoms with van der Waals surface area (Å²) in [5, 5.41) is 9.11. The monoisotopic (exact) mass is 268 g/mol. The van der Waals surface area contributed by atoms with Crippen molar-refractivity contribution >= 4 is 10.9 Å². The highest BCUT2D eigenvalue weighted by Crippen LogP contribution is 2.18. The van der Waals surface area contributed by atoms with E-state index in [2.05, 4.69) is 53.5 Å². The van der Waals surface area contributed by atoms with Crippen molar-refractivity contribution in [1.29, 1.82) is 0 Å². The molecule has 0 amide bonds. The zero-order valence-electron chi connectivity index (χ0n) is 12.1. The van der Waals surface area contributed by atoms with Gasteiger partial charge in [-0.25, -0.2) is 0 Å². The second kappa shape index (κ2) is 5.13. The van der Waals surface area contributed by atoms with Gasteiger partial charge in [0, 0.05) is 42.6 Å². The van der Waals surface area contributed by atoms with Crippen LogP contribution in [0.3, 0.4) is 0 Å². The molecule has 0 aliphatic heterocycles. The van der Waals surface area contributed by atoms with E-state index in [-0.39, 0.29) is 0 Å². The molecule has 1 aromatic carbocycles. The van der Waals surface area contributed by atoms with Gasteiger partial charge in [-0.1, -0.05) is 12.1 Å². The number of aromatic nitrogens is 3. The normalized spacial score (nSPS) is 12.9. The maximum Gasteiger partial charge on any atom is 0.0540 e. The lowest BCUT2D eigenvalue weighted by Crippen LogP contribution is -2.18. The molecule has 20 heavy (non-hydrogen) atoms. The van der Waals surface area contributed by atoms with Gasteiger partial charge < -0.3 is 10.3 Å². The molecule has 0 spiro atoms. The molecule has 1 unspecified atom stereocenters. The second-order valence-electron chi connectivity index (χ2n) is 5.31. The van der Waals surface area contributed by atoms with Crippen molar-refractivity contribution in [2.45, 2.75) is 26.4 Å². The van der Waals surface area contributed by atoms with Gasteiger partial charge in [-0.15, -0.1) is 0 Å². The fraction of sp³-hybridized carbons (Fsp3) is 0.312. The van der Waals surface area contributed by atoms with Gasteiger partial charge in [0.25, 0.3) is 0 Å². The average Bonchev–Trinajstić information content (AvgIpc) is 3.03. The van der Waals surface area contributed by atoms with Crippen molar-refractivity contribution in [1.82, 2.24) is 20.1 Å². The van der Waals surface area contributed by atoms with Gasteiger partial charge in [-0.05, 0) is 36.9 Å². The number of H-pyrrole nitrogens is 1. The third kappa shape index (κ3) is 2.34. The van der Waals surface area contributed by atoms with E-state index in [1.54, 1.807) is 0 Å².